The van der Waals surface area contributed by atoms with E-state index >= 15 is 0 Å². The Bertz CT molecular complexity index is 538. The van der Waals surface area contributed by atoms with E-state index < -0.39 is 11.9 Å². The van der Waals surface area contributed by atoms with Gasteiger partial charge in [0.2, 0.25) is 6.33 Å². The molecule has 0 saturated carbocycles. The van der Waals surface area contributed by atoms with E-state index in [4.69, 9.17) is 0 Å². The highest BCUT2D eigenvalue weighted by Gasteiger charge is 2.14. The number of aliphatic carboxylic acids is 2. The predicted molar refractivity (Wildman–Crippen MR) is 52.1 cm³/mol. The number of carbonyl (C=O) groups excluding carboxylic acids is 2. The van der Waals surface area contributed by atoms with Crippen molar-refractivity contribution in [3.05, 3.63) is 30.6 Å². The molecular formula is C11H9N2O4-. The van der Waals surface area contributed by atoms with Crippen LogP contribution in [0.3, 0.4) is 0 Å². The SMILES string of the molecule is O=C([O-])Cn1c[n+](CC(=O)[O-])c2ccccc21. The minimum Gasteiger partial charge on any atom is -0.546 e. The van der Waals surface area contributed by atoms with Crippen molar-refractivity contribution in [1.82, 2.24) is 4.57 Å². The molecule has 0 aliphatic carbocycles. The van der Waals surface area contributed by atoms with Crippen LogP contribution in [0.1, 0.15) is 0 Å². The van der Waals surface area contributed by atoms with Gasteiger partial charge in [0.05, 0.1) is 11.9 Å². The molecule has 0 spiro atoms. The van der Waals surface area contributed by atoms with Crippen LogP contribution in [-0.2, 0) is 22.7 Å². The van der Waals surface area contributed by atoms with E-state index in [0.29, 0.717) is 11.0 Å². The van der Waals surface area contributed by atoms with Gasteiger partial charge in [-0.2, -0.15) is 0 Å². The fourth-order valence-electron chi connectivity index (χ4n) is 1.77. The number of carbonyl (C=O) groups is 2. The second kappa shape index (κ2) is 4.25. The standard InChI is InChI=1S/C11H10N2O4/c14-10(15)5-12-7-13(6-11(16)17)9-4-2-1-3-8(9)12/h1-4,7H,5-6H2,(H-,14,15,16,17)/p-1. The van der Waals surface area contributed by atoms with E-state index in [1.165, 1.54) is 15.5 Å². The number of hydrogen-bond donors (Lipinski definition) is 0. The zero-order valence-corrected chi connectivity index (χ0v) is 8.83. The average molecular weight is 233 g/mol. The Labute approximate surface area is 96.3 Å². The Hall–Kier alpha value is -2.37. The number of nitrogens with zero attached hydrogens (tertiary/aromatic N) is 2. The Morgan fingerprint density at radius 3 is 2.53 bits per heavy atom. The zero-order chi connectivity index (χ0) is 12.4. The molecule has 0 N–H and O–H groups in total. The largest absolute Gasteiger partial charge is 0.546 e. The molecule has 0 unspecified atom stereocenters. The van der Waals surface area contributed by atoms with Crippen LogP contribution in [-0.4, -0.2) is 16.5 Å². The lowest BCUT2D eigenvalue weighted by Gasteiger charge is -1.98. The van der Waals surface area contributed by atoms with Crippen molar-refractivity contribution in [2.75, 3.05) is 0 Å². The number of benzene rings is 1. The normalized spacial score (nSPS) is 10.6. The van der Waals surface area contributed by atoms with Gasteiger partial charge in [-0.15, -0.1) is 0 Å². The molecule has 2 aromatic rings. The molecule has 0 radical (unpaired) electrons. The number of imidazole rings is 1. The average Bonchev–Trinajstić information content (AvgIpc) is 2.56. The second-order valence-electron chi connectivity index (χ2n) is 3.60. The van der Waals surface area contributed by atoms with Gasteiger partial charge < -0.3 is 19.8 Å². The number of carboxylic acid groups (broad SMARTS) is 2. The number of aromatic nitrogens is 2. The van der Waals surface area contributed by atoms with Crippen LogP contribution < -0.4 is 14.8 Å². The first-order valence-electron chi connectivity index (χ1n) is 4.95. The maximum absolute atomic E-state index is 10.6. The highest BCUT2D eigenvalue weighted by Crippen LogP contribution is 2.10. The van der Waals surface area contributed by atoms with Crippen LogP contribution in [0, 0.1) is 0 Å². The molecule has 6 heteroatoms. The van der Waals surface area contributed by atoms with E-state index in [9.17, 15) is 19.8 Å². The van der Waals surface area contributed by atoms with Crippen LogP contribution in [0.4, 0.5) is 0 Å². The van der Waals surface area contributed by atoms with Gasteiger partial charge in [-0.25, -0.2) is 9.13 Å². The first-order valence-corrected chi connectivity index (χ1v) is 4.95. The summed E-state index contributed by atoms with van der Waals surface area (Å²) < 4.78 is 2.85. The molecule has 0 aliphatic rings. The first-order chi connectivity index (χ1) is 8.08. The molecule has 0 aliphatic heterocycles. The van der Waals surface area contributed by atoms with Gasteiger partial charge >= 0.3 is 0 Å². The third-order valence-electron chi connectivity index (χ3n) is 2.38. The van der Waals surface area contributed by atoms with Crippen molar-refractivity contribution in [1.29, 1.82) is 0 Å². The molecule has 0 amide bonds. The van der Waals surface area contributed by atoms with Crippen molar-refractivity contribution in [3.8, 4) is 0 Å². The summed E-state index contributed by atoms with van der Waals surface area (Å²) in [5.41, 5.74) is 1.27. The first kappa shape index (κ1) is 11.1. The van der Waals surface area contributed by atoms with Gasteiger partial charge in [0.25, 0.3) is 0 Å². The summed E-state index contributed by atoms with van der Waals surface area (Å²) in [6.07, 6.45) is 1.43. The van der Waals surface area contributed by atoms with Crippen molar-refractivity contribution in [3.63, 3.8) is 0 Å². The molecule has 88 valence electrons. The number of carboxylic acids is 2. The van der Waals surface area contributed by atoms with Crippen LogP contribution in [0.25, 0.3) is 11.0 Å². The quantitative estimate of drug-likeness (QED) is 0.543. The minimum atomic E-state index is -1.23. The third-order valence-corrected chi connectivity index (χ3v) is 2.38. The minimum absolute atomic E-state index is 0.319. The van der Waals surface area contributed by atoms with E-state index in [1.807, 2.05) is 0 Å². The summed E-state index contributed by atoms with van der Waals surface area (Å²) in [5, 5.41) is 21.1. The number of para-hydroxylation sites is 2. The summed E-state index contributed by atoms with van der Waals surface area (Å²) in [6.45, 7) is -0.638. The fraction of sp³-hybridized carbons (Fsp3) is 0.182. The van der Waals surface area contributed by atoms with Crippen LogP contribution in [0.2, 0.25) is 0 Å². The van der Waals surface area contributed by atoms with Crippen molar-refractivity contribution >= 4 is 23.0 Å². The molecule has 0 fully saturated rings. The van der Waals surface area contributed by atoms with Gasteiger partial charge in [0.15, 0.2) is 11.0 Å². The van der Waals surface area contributed by atoms with Crippen LogP contribution in [0.5, 0.6) is 0 Å². The third kappa shape index (κ3) is 2.25. The Kier molecular flexibility index (Phi) is 2.78. The Balaban J connectivity index is 2.53. The lowest BCUT2D eigenvalue weighted by Crippen LogP contribution is -2.43. The highest BCUT2D eigenvalue weighted by molar-refractivity contribution is 5.75. The molecule has 17 heavy (non-hydrogen) atoms. The molecule has 0 atom stereocenters. The summed E-state index contributed by atoms with van der Waals surface area (Å²) >= 11 is 0. The smallest absolute Gasteiger partial charge is 0.245 e. The predicted octanol–water partition coefficient (Wildman–Crippen LogP) is -2.57. The number of hydrogen-bond acceptors (Lipinski definition) is 4. The van der Waals surface area contributed by atoms with E-state index in [-0.39, 0.29) is 13.1 Å². The van der Waals surface area contributed by atoms with Gasteiger partial charge in [-0.3, -0.25) is 0 Å². The summed E-state index contributed by atoms with van der Waals surface area (Å²) in [4.78, 5) is 21.1. The molecular weight excluding hydrogens is 224 g/mol. The van der Waals surface area contributed by atoms with Gasteiger partial charge in [0, 0.05) is 0 Å². The van der Waals surface area contributed by atoms with Gasteiger partial charge in [-0.05, 0) is 12.1 Å². The van der Waals surface area contributed by atoms with Gasteiger partial charge in [0.1, 0.15) is 13.1 Å². The zero-order valence-electron chi connectivity index (χ0n) is 8.83. The topological polar surface area (TPSA) is 89.1 Å². The lowest BCUT2D eigenvalue weighted by atomic mass is 10.3. The monoisotopic (exact) mass is 233 g/mol. The maximum atomic E-state index is 10.6. The van der Waals surface area contributed by atoms with Crippen molar-refractivity contribution < 1.29 is 24.4 Å². The van der Waals surface area contributed by atoms with Crippen LogP contribution >= 0.6 is 0 Å². The summed E-state index contributed by atoms with van der Waals surface area (Å²) in [5.74, 6) is -2.46. The molecule has 1 aromatic heterocycles. The van der Waals surface area contributed by atoms with E-state index in [0.717, 1.165) is 0 Å². The molecule has 6 nitrogen and oxygen atoms in total. The summed E-state index contributed by atoms with van der Waals surface area (Å²) in [7, 11) is 0. The summed E-state index contributed by atoms with van der Waals surface area (Å²) in [6, 6.07) is 6.92. The Morgan fingerprint density at radius 1 is 1.18 bits per heavy atom. The highest BCUT2D eigenvalue weighted by atomic mass is 16.4. The molecule has 1 heterocycles. The van der Waals surface area contributed by atoms with Crippen molar-refractivity contribution in [2.45, 2.75) is 13.1 Å². The van der Waals surface area contributed by atoms with Crippen LogP contribution in [0.15, 0.2) is 30.6 Å². The lowest BCUT2D eigenvalue weighted by molar-refractivity contribution is -0.666. The van der Waals surface area contributed by atoms with Gasteiger partial charge in [-0.1, -0.05) is 12.1 Å². The molecule has 0 bridgehead atoms. The number of fused-ring (bicyclic) bond motifs is 1. The van der Waals surface area contributed by atoms with Crippen molar-refractivity contribution in [2.24, 2.45) is 0 Å². The molecule has 2 rings (SSSR count). The number of rotatable bonds is 4. The van der Waals surface area contributed by atoms with E-state index in [1.54, 1.807) is 24.3 Å². The second-order valence-corrected chi connectivity index (χ2v) is 3.60. The molecule has 0 saturated heterocycles. The maximum Gasteiger partial charge on any atom is 0.245 e. The van der Waals surface area contributed by atoms with E-state index in [2.05, 4.69) is 0 Å². The fourth-order valence-corrected chi connectivity index (χ4v) is 1.77. The molecule has 1 aromatic carbocycles. The Morgan fingerprint density at radius 2 is 1.88 bits per heavy atom.